The minimum absolute atomic E-state index is 0.152. The van der Waals surface area contributed by atoms with Gasteiger partial charge in [0.25, 0.3) is 5.56 Å². The number of hydrogen-bond donors (Lipinski definition) is 2. The van der Waals surface area contributed by atoms with Crippen molar-refractivity contribution in [2.45, 2.75) is 19.1 Å². The van der Waals surface area contributed by atoms with Crippen molar-refractivity contribution in [3.63, 3.8) is 0 Å². The predicted molar refractivity (Wildman–Crippen MR) is 86.1 cm³/mol. The standard InChI is InChI=1S/C17H20FN3O3/c18-13-3-1-2-4-16(13)24-11-12-9-21(8-5-15(12)22)10-14-17(23)20-7-6-19-14/h1-4,6-7,12,15,22H,5,8-11H2,(H,20,23)/t12-,15+/m1/s1. The lowest BCUT2D eigenvalue weighted by Crippen LogP contribution is -2.45. The smallest absolute Gasteiger partial charge is 0.270 e. The number of aromatic amines is 1. The zero-order valence-electron chi connectivity index (χ0n) is 13.2. The molecule has 24 heavy (non-hydrogen) atoms. The molecular weight excluding hydrogens is 313 g/mol. The van der Waals surface area contributed by atoms with Gasteiger partial charge in [0.1, 0.15) is 5.69 Å². The maximum absolute atomic E-state index is 13.6. The summed E-state index contributed by atoms with van der Waals surface area (Å²) in [5.41, 5.74) is 0.241. The van der Waals surface area contributed by atoms with Crippen molar-refractivity contribution >= 4 is 0 Å². The molecule has 0 saturated carbocycles. The molecule has 1 saturated heterocycles. The minimum atomic E-state index is -0.505. The number of aliphatic hydroxyl groups excluding tert-OH is 1. The van der Waals surface area contributed by atoms with E-state index in [0.29, 0.717) is 31.7 Å². The molecule has 7 heteroatoms. The molecule has 3 rings (SSSR count). The molecule has 1 aliphatic rings. The number of hydrogen-bond acceptors (Lipinski definition) is 5. The van der Waals surface area contributed by atoms with Crippen molar-refractivity contribution in [3.05, 3.63) is 58.5 Å². The number of likely N-dealkylation sites (tertiary alicyclic amines) is 1. The first-order chi connectivity index (χ1) is 11.6. The monoisotopic (exact) mass is 333 g/mol. The van der Waals surface area contributed by atoms with Gasteiger partial charge in [-0.15, -0.1) is 0 Å². The Balaban J connectivity index is 1.60. The summed E-state index contributed by atoms with van der Waals surface area (Å²) >= 11 is 0. The van der Waals surface area contributed by atoms with Crippen molar-refractivity contribution in [2.75, 3.05) is 19.7 Å². The van der Waals surface area contributed by atoms with E-state index >= 15 is 0 Å². The third-order valence-corrected chi connectivity index (χ3v) is 4.22. The summed E-state index contributed by atoms with van der Waals surface area (Å²) in [6, 6.07) is 6.21. The average Bonchev–Trinajstić information content (AvgIpc) is 2.58. The Bertz CT molecular complexity index is 737. The fraction of sp³-hybridized carbons (Fsp3) is 0.412. The molecule has 1 aromatic heterocycles. The number of para-hydroxylation sites is 1. The third kappa shape index (κ3) is 3.98. The number of H-pyrrole nitrogens is 1. The Morgan fingerprint density at radius 3 is 3.04 bits per heavy atom. The number of nitrogens with one attached hydrogen (secondary N) is 1. The van der Waals surface area contributed by atoms with Gasteiger partial charge in [0.2, 0.25) is 0 Å². The summed E-state index contributed by atoms with van der Waals surface area (Å²) in [7, 11) is 0. The van der Waals surface area contributed by atoms with Gasteiger partial charge in [-0.2, -0.15) is 0 Å². The summed E-state index contributed by atoms with van der Waals surface area (Å²) < 4.78 is 19.1. The summed E-state index contributed by atoms with van der Waals surface area (Å²) in [6.07, 6.45) is 3.12. The lowest BCUT2D eigenvalue weighted by molar-refractivity contribution is 0.00182. The highest BCUT2D eigenvalue weighted by molar-refractivity contribution is 5.23. The molecule has 128 valence electrons. The van der Waals surface area contributed by atoms with Gasteiger partial charge in [-0.25, -0.2) is 4.39 Å². The maximum atomic E-state index is 13.6. The average molecular weight is 333 g/mol. The first-order valence-corrected chi connectivity index (χ1v) is 7.94. The van der Waals surface area contributed by atoms with E-state index in [1.54, 1.807) is 24.4 Å². The van der Waals surface area contributed by atoms with E-state index in [0.717, 1.165) is 0 Å². The van der Waals surface area contributed by atoms with Gasteiger partial charge in [-0.1, -0.05) is 12.1 Å². The normalized spacial score (nSPS) is 21.6. The Kier molecular flexibility index (Phi) is 5.22. The molecule has 1 aromatic carbocycles. The van der Waals surface area contributed by atoms with Crippen LogP contribution in [0.15, 0.2) is 41.5 Å². The van der Waals surface area contributed by atoms with Crippen molar-refractivity contribution in [1.82, 2.24) is 14.9 Å². The highest BCUT2D eigenvalue weighted by Crippen LogP contribution is 2.21. The van der Waals surface area contributed by atoms with Crippen LogP contribution >= 0.6 is 0 Å². The molecule has 0 bridgehead atoms. The van der Waals surface area contributed by atoms with Crippen LogP contribution in [0.2, 0.25) is 0 Å². The zero-order chi connectivity index (χ0) is 16.9. The van der Waals surface area contributed by atoms with Crippen LogP contribution in [0, 0.1) is 11.7 Å². The van der Waals surface area contributed by atoms with Crippen LogP contribution in [0.4, 0.5) is 4.39 Å². The minimum Gasteiger partial charge on any atom is -0.490 e. The second-order valence-electron chi connectivity index (χ2n) is 5.96. The molecule has 0 unspecified atom stereocenters. The molecule has 2 N–H and O–H groups in total. The van der Waals surface area contributed by atoms with Crippen LogP contribution in [0.1, 0.15) is 12.1 Å². The molecule has 0 radical (unpaired) electrons. The molecule has 1 aliphatic heterocycles. The highest BCUT2D eigenvalue weighted by Gasteiger charge is 2.29. The Hall–Kier alpha value is -2.25. The Morgan fingerprint density at radius 1 is 1.42 bits per heavy atom. The molecular formula is C17H20FN3O3. The number of benzene rings is 1. The van der Waals surface area contributed by atoms with Gasteiger partial charge in [0, 0.05) is 37.9 Å². The van der Waals surface area contributed by atoms with Crippen molar-refractivity contribution in [3.8, 4) is 5.75 Å². The molecule has 2 heterocycles. The van der Waals surface area contributed by atoms with E-state index in [2.05, 4.69) is 14.9 Å². The maximum Gasteiger partial charge on any atom is 0.270 e. The third-order valence-electron chi connectivity index (χ3n) is 4.22. The molecule has 2 atom stereocenters. The summed E-state index contributed by atoms with van der Waals surface area (Å²) in [5.74, 6) is -0.385. The number of aliphatic hydroxyl groups is 1. The number of ether oxygens (including phenoxy) is 1. The number of halogens is 1. The summed E-state index contributed by atoms with van der Waals surface area (Å²) in [5, 5.41) is 10.2. The number of aromatic nitrogens is 2. The van der Waals surface area contributed by atoms with Crippen LogP contribution < -0.4 is 10.3 Å². The van der Waals surface area contributed by atoms with Crippen molar-refractivity contribution in [2.24, 2.45) is 5.92 Å². The molecule has 6 nitrogen and oxygen atoms in total. The van der Waals surface area contributed by atoms with Crippen LogP contribution in [-0.2, 0) is 6.54 Å². The van der Waals surface area contributed by atoms with Gasteiger partial charge >= 0.3 is 0 Å². The first-order valence-electron chi connectivity index (χ1n) is 7.94. The van der Waals surface area contributed by atoms with E-state index < -0.39 is 11.9 Å². The van der Waals surface area contributed by atoms with Crippen LogP contribution in [0.3, 0.4) is 0 Å². The number of nitrogens with zero attached hydrogens (tertiary/aromatic N) is 2. The van der Waals surface area contributed by atoms with E-state index in [4.69, 9.17) is 4.74 Å². The van der Waals surface area contributed by atoms with E-state index in [1.807, 2.05) is 0 Å². The lowest BCUT2D eigenvalue weighted by atomic mass is 9.95. The van der Waals surface area contributed by atoms with Gasteiger partial charge in [-0.05, 0) is 18.6 Å². The van der Waals surface area contributed by atoms with Crippen molar-refractivity contribution in [1.29, 1.82) is 0 Å². The second-order valence-corrected chi connectivity index (χ2v) is 5.96. The Morgan fingerprint density at radius 2 is 2.25 bits per heavy atom. The lowest BCUT2D eigenvalue weighted by Gasteiger charge is -2.35. The quantitative estimate of drug-likeness (QED) is 0.859. The Labute approximate surface area is 138 Å². The molecule has 2 aromatic rings. The molecule has 0 amide bonds. The van der Waals surface area contributed by atoms with E-state index in [9.17, 15) is 14.3 Å². The fourth-order valence-electron chi connectivity index (χ4n) is 2.87. The zero-order valence-corrected chi connectivity index (χ0v) is 13.2. The van der Waals surface area contributed by atoms with Gasteiger partial charge in [0.05, 0.1) is 12.7 Å². The predicted octanol–water partition coefficient (Wildman–Crippen LogP) is 1.17. The van der Waals surface area contributed by atoms with Gasteiger partial charge < -0.3 is 14.8 Å². The van der Waals surface area contributed by atoms with E-state index in [-0.39, 0.29) is 23.8 Å². The largest absolute Gasteiger partial charge is 0.490 e. The summed E-state index contributed by atoms with van der Waals surface area (Å²) in [4.78, 5) is 20.5. The SMILES string of the molecule is O=c1[nH]ccnc1CN1CC[C@H](O)[C@@H](COc2ccccc2F)C1. The molecule has 0 aliphatic carbocycles. The second kappa shape index (κ2) is 7.55. The van der Waals surface area contributed by atoms with Crippen LogP contribution in [0.5, 0.6) is 5.75 Å². The topological polar surface area (TPSA) is 78.5 Å². The molecule has 1 fully saturated rings. The van der Waals surface area contributed by atoms with Crippen LogP contribution in [0.25, 0.3) is 0 Å². The van der Waals surface area contributed by atoms with Crippen LogP contribution in [-0.4, -0.2) is 45.8 Å². The first kappa shape index (κ1) is 16.6. The summed E-state index contributed by atoms with van der Waals surface area (Å²) in [6.45, 7) is 1.87. The highest BCUT2D eigenvalue weighted by atomic mass is 19.1. The number of piperidine rings is 1. The van der Waals surface area contributed by atoms with E-state index in [1.165, 1.54) is 12.3 Å². The van der Waals surface area contributed by atoms with Gasteiger partial charge in [0.15, 0.2) is 11.6 Å². The number of rotatable bonds is 5. The molecule has 0 spiro atoms. The van der Waals surface area contributed by atoms with Gasteiger partial charge in [-0.3, -0.25) is 14.7 Å². The van der Waals surface area contributed by atoms with Crippen molar-refractivity contribution < 1.29 is 14.2 Å². The fourth-order valence-corrected chi connectivity index (χ4v) is 2.87.